The molecule has 144 valence electrons. The van der Waals surface area contributed by atoms with Gasteiger partial charge in [0, 0.05) is 36.6 Å². The van der Waals surface area contributed by atoms with Crippen LogP contribution in [0.4, 0.5) is 11.4 Å². The van der Waals surface area contributed by atoms with Crippen LogP contribution in [0.25, 0.3) is 0 Å². The largest absolute Gasteiger partial charge is 0.378 e. The topological polar surface area (TPSA) is 70.9 Å². The third-order valence-electron chi connectivity index (χ3n) is 4.85. The Morgan fingerprint density at radius 1 is 1.00 bits per heavy atom. The highest BCUT2D eigenvalue weighted by molar-refractivity contribution is 7.91. The summed E-state index contributed by atoms with van der Waals surface area (Å²) in [6, 6.07) is 15.2. The van der Waals surface area contributed by atoms with Gasteiger partial charge in [-0.15, -0.1) is 0 Å². The first-order valence-electron chi connectivity index (χ1n) is 9.04. The minimum atomic E-state index is -2.83. The number of amides is 1. The summed E-state index contributed by atoms with van der Waals surface area (Å²) in [4.78, 5) is 15.6. The van der Waals surface area contributed by atoms with Gasteiger partial charge in [-0.05, 0) is 36.4 Å². The van der Waals surface area contributed by atoms with Gasteiger partial charge in [-0.3, -0.25) is 4.79 Å². The number of hydrogen-bond acceptors (Lipinski definition) is 4. The van der Waals surface area contributed by atoms with E-state index in [4.69, 9.17) is 0 Å². The second kappa shape index (κ2) is 8.10. The van der Waals surface area contributed by atoms with Gasteiger partial charge in [0.15, 0.2) is 9.84 Å². The smallest absolute Gasteiger partial charge is 0.255 e. The van der Waals surface area contributed by atoms with Gasteiger partial charge in [0.25, 0.3) is 5.91 Å². The summed E-state index contributed by atoms with van der Waals surface area (Å²) in [6.45, 7) is 2.11. The fraction of sp³-hybridized carbons (Fsp3) is 0.350. The van der Waals surface area contributed by atoms with E-state index >= 15 is 0 Å². The van der Waals surface area contributed by atoms with Gasteiger partial charge in [-0.1, -0.05) is 12.1 Å². The molecule has 3 rings (SSSR count). The third-order valence-corrected chi connectivity index (χ3v) is 6.50. The average Bonchev–Trinajstić information content (AvgIpc) is 2.65. The van der Waals surface area contributed by atoms with E-state index in [1.807, 2.05) is 67.5 Å². The first-order valence-corrected chi connectivity index (χ1v) is 10.9. The van der Waals surface area contributed by atoms with Crippen molar-refractivity contribution in [1.29, 1.82) is 0 Å². The van der Waals surface area contributed by atoms with Crippen molar-refractivity contribution in [2.75, 3.05) is 48.9 Å². The van der Waals surface area contributed by atoms with Gasteiger partial charge in [0.05, 0.1) is 24.6 Å². The Morgan fingerprint density at radius 3 is 2.15 bits per heavy atom. The third kappa shape index (κ3) is 5.30. The number of nitrogens with one attached hydrogen (secondary N) is 2. The van der Waals surface area contributed by atoms with E-state index in [1.54, 1.807) is 0 Å². The van der Waals surface area contributed by atoms with Crippen LogP contribution < -0.4 is 15.1 Å². The normalized spacial score (nSPS) is 16.7. The van der Waals surface area contributed by atoms with Crippen LogP contribution in [-0.2, 0) is 16.4 Å². The Bertz CT molecular complexity index is 877. The molecule has 2 aromatic rings. The predicted molar refractivity (Wildman–Crippen MR) is 108 cm³/mol. The molecule has 0 radical (unpaired) electrons. The molecule has 7 heteroatoms. The van der Waals surface area contributed by atoms with Gasteiger partial charge in [0.2, 0.25) is 0 Å². The van der Waals surface area contributed by atoms with E-state index in [2.05, 4.69) is 5.32 Å². The number of hydrogen-bond donors (Lipinski definition) is 2. The zero-order chi connectivity index (χ0) is 19.4. The van der Waals surface area contributed by atoms with E-state index in [-0.39, 0.29) is 17.4 Å². The van der Waals surface area contributed by atoms with Crippen molar-refractivity contribution in [2.45, 2.75) is 6.54 Å². The Kier molecular flexibility index (Phi) is 5.82. The highest BCUT2D eigenvalue weighted by Gasteiger charge is 2.24. The van der Waals surface area contributed by atoms with Gasteiger partial charge < -0.3 is 15.1 Å². The van der Waals surface area contributed by atoms with Crippen LogP contribution in [0.5, 0.6) is 0 Å². The highest BCUT2D eigenvalue weighted by Crippen LogP contribution is 2.15. The lowest BCUT2D eigenvalue weighted by molar-refractivity contribution is -0.910. The van der Waals surface area contributed by atoms with E-state index < -0.39 is 9.84 Å². The fourth-order valence-corrected chi connectivity index (χ4v) is 4.52. The summed E-state index contributed by atoms with van der Waals surface area (Å²) in [7, 11) is 1.09. The molecule has 0 atom stereocenters. The van der Waals surface area contributed by atoms with Crippen LogP contribution >= 0.6 is 0 Å². The molecule has 1 saturated heterocycles. The van der Waals surface area contributed by atoms with E-state index in [0.717, 1.165) is 23.5 Å². The highest BCUT2D eigenvalue weighted by atomic mass is 32.2. The molecule has 0 bridgehead atoms. The van der Waals surface area contributed by atoms with Crippen molar-refractivity contribution in [2.24, 2.45) is 0 Å². The summed E-state index contributed by atoms with van der Waals surface area (Å²) in [5, 5.41) is 2.91. The van der Waals surface area contributed by atoms with E-state index in [9.17, 15) is 13.2 Å². The first kappa shape index (κ1) is 19.4. The molecule has 6 nitrogen and oxygen atoms in total. The number of nitrogens with zero attached hydrogens (tertiary/aromatic N) is 1. The molecule has 0 saturated carbocycles. The Balaban J connectivity index is 1.56. The Morgan fingerprint density at radius 2 is 1.59 bits per heavy atom. The Labute approximate surface area is 160 Å². The molecule has 0 unspecified atom stereocenters. The minimum absolute atomic E-state index is 0.139. The average molecular weight is 389 g/mol. The molecule has 0 aliphatic carbocycles. The van der Waals surface area contributed by atoms with Crippen molar-refractivity contribution in [3.63, 3.8) is 0 Å². The predicted octanol–water partition coefficient (Wildman–Crippen LogP) is 0.818. The lowest BCUT2D eigenvalue weighted by Gasteiger charge is -2.23. The number of carbonyl (C=O) groups is 1. The standard InChI is InChI=1S/C20H25N3O3S/c1-22(2)19-9-5-17(6-10-19)20(24)21-18-7-3-16(4-8-18)15-23-11-13-27(25,26)14-12-23/h3-10H,11-15H2,1-2H3,(H,21,24)/p+1. The summed E-state index contributed by atoms with van der Waals surface area (Å²) in [5.41, 5.74) is 3.54. The Hall–Kier alpha value is -2.38. The number of anilines is 2. The van der Waals surface area contributed by atoms with Crippen molar-refractivity contribution < 1.29 is 18.1 Å². The SMILES string of the molecule is CN(C)c1ccc(C(=O)Nc2ccc(C[NH+]3CCS(=O)(=O)CC3)cc2)cc1. The minimum Gasteiger partial charge on any atom is -0.378 e. The van der Waals surface area contributed by atoms with Crippen molar-refractivity contribution in [3.8, 4) is 0 Å². The molecular formula is C20H26N3O3S+. The van der Waals surface area contributed by atoms with E-state index in [0.29, 0.717) is 18.7 Å². The monoisotopic (exact) mass is 388 g/mol. The second-order valence-corrected chi connectivity index (χ2v) is 9.47. The molecule has 1 heterocycles. The summed E-state index contributed by atoms with van der Waals surface area (Å²) < 4.78 is 23.0. The maximum atomic E-state index is 12.4. The number of carbonyl (C=O) groups excluding carboxylic acids is 1. The maximum Gasteiger partial charge on any atom is 0.255 e. The molecule has 0 aromatic heterocycles. The summed E-state index contributed by atoms with van der Waals surface area (Å²) in [6.07, 6.45) is 0. The van der Waals surface area contributed by atoms with Crippen molar-refractivity contribution >= 4 is 27.1 Å². The van der Waals surface area contributed by atoms with Crippen LogP contribution in [0.1, 0.15) is 15.9 Å². The number of benzene rings is 2. The van der Waals surface area contributed by atoms with Gasteiger partial charge in [-0.2, -0.15) is 0 Å². The van der Waals surface area contributed by atoms with Gasteiger partial charge in [-0.25, -0.2) is 8.42 Å². The summed E-state index contributed by atoms with van der Waals surface area (Å²) in [5.74, 6) is 0.395. The molecule has 1 amide bonds. The fourth-order valence-electron chi connectivity index (χ4n) is 3.11. The quantitative estimate of drug-likeness (QED) is 0.796. The van der Waals surface area contributed by atoms with Crippen LogP contribution in [0.15, 0.2) is 48.5 Å². The van der Waals surface area contributed by atoms with Crippen LogP contribution in [0.2, 0.25) is 0 Å². The lowest BCUT2D eigenvalue weighted by Crippen LogP contribution is -3.13. The molecule has 2 N–H and O–H groups in total. The first-order chi connectivity index (χ1) is 12.8. The van der Waals surface area contributed by atoms with Crippen molar-refractivity contribution in [1.82, 2.24) is 0 Å². The zero-order valence-electron chi connectivity index (χ0n) is 15.7. The number of rotatable bonds is 5. The van der Waals surface area contributed by atoms with Crippen LogP contribution in [0, 0.1) is 0 Å². The lowest BCUT2D eigenvalue weighted by atomic mass is 10.1. The van der Waals surface area contributed by atoms with Gasteiger partial charge in [0.1, 0.15) is 6.54 Å². The zero-order valence-corrected chi connectivity index (χ0v) is 16.6. The molecule has 1 aliphatic rings. The van der Waals surface area contributed by atoms with Crippen LogP contribution in [-0.4, -0.2) is 53.0 Å². The molecule has 0 spiro atoms. The number of sulfone groups is 1. The van der Waals surface area contributed by atoms with Crippen molar-refractivity contribution in [3.05, 3.63) is 59.7 Å². The number of quaternary nitrogens is 1. The maximum absolute atomic E-state index is 12.4. The van der Waals surface area contributed by atoms with Gasteiger partial charge >= 0.3 is 0 Å². The van der Waals surface area contributed by atoms with E-state index in [1.165, 1.54) is 4.90 Å². The molecule has 1 aliphatic heterocycles. The summed E-state index contributed by atoms with van der Waals surface area (Å²) >= 11 is 0. The second-order valence-electron chi connectivity index (χ2n) is 7.17. The molecular weight excluding hydrogens is 362 g/mol. The molecule has 27 heavy (non-hydrogen) atoms. The molecule has 1 fully saturated rings. The van der Waals surface area contributed by atoms with Crippen LogP contribution in [0.3, 0.4) is 0 Å². The molecule has 2 aromatic carbocycles.